The van der Waals surface area contributed by atoms with Crippen molar-refractivity contribution in [2.24, 2.45) is 22.2 Å². The number of aliphatic imine (C=N–C) groups is 1. The molecule has 5 atom stereocenters. The number of hydrogen-bond donors (Lipinski definition) is 10. The third-order valence-electron chi connectivity index (χ3n) is 4.17. The summed E-state index contributed by atoms with van der Waals surface area (Å²) in [6.07, 6.45) is -1.90. The maximum Gasteiger partial charge on any atom is 0.328 e. The maximum absolute atomic E-state index is 12.6. The summed E-state index contributed by atoms with van der Waals surface area (Å²) < 4.78 is 0. The number of guanidine groups is 1. The van der Waals surface area contributed by atoms with E-state index in [0.717, 1.165) is 6.92 Å². The predicted octanol–water partition coefficient (Wildman–Crippen LogP) is -4.31. The molecular formula is C17H31N7O8S. The van der Waals surface area contributed by atoms with Gasteiger partial charge < -0.3 is 48.5 Å². The molecule has 0 aliphatic rings. The second-order valence-corrected chi connectivity index (χ2v) is 7.39. The van der Waals surface area contributed by atoms with Crippen LogP contribution in [0.3, 0.4) is 0 Å². The quantitative estimate of drug-likeness (QED) is 0.0451. The molecule has 0 aromatic heterocycles. The number of thiol groups is 1. The Labute approximate surface area is 194 Å². The number of aliphatic carboxylic acids is 2. The van der Waals surface area contributed by atoms with Crippen molar-refractivity contribution in [1.82, 2.24) is 16.0 Å². The van der Waals surface area contributed by atoms with Gasteiger partial charge in [0.25, 0.3) is 0 Å². The number of carbonyl (C=O) groups is 5. The maximum atomic E-state index is 12.6. The molecular weight excluding hydrogens is 462 g/mol. The normalized spacial score (nSPS) is 15.2. The number of nitrogens with two attached hydrogens (primary N) is 3. The summed E-state index contributed by atoms with van der Waals surface area (Å²) in [7, 11) is 0. The van der Waals surface area contributed by atoms with Crippen molar-refractivity contribution in [2.75, 3.05) is 12.3 Å². The summed E-state index contributed by atoms with van der Waals surface area (Å²) in [5, 5.41) is 34.2. The van der Waals surface area contributed by atoms with Gasteiger partial charge in [0.05, 0.1) is 18.6 Å². The molecule has 0 aliphatic carbocycles. The van der Waals surface area contributed by atoms with Crippen molar-refractivity contribution in [3.8, 4) is 0 Å². The Kier molecular flexibility index (Phi) is 13.5. The van der Waals surface area contributed by atoms with Gasteiger partial charge in [-0.25, -0.2) is 4.79 Å². The van der Waals surface area contributed by atoms with Gasteiger partial charge in [0.15, 0.2) is 12.0 Å². The second kappa shape index (κ2) is 14.9. The highest BCUT2D eigenvalue weighted by atomic mass is 32.1. The Morgan fingerprint density at radius 2 is 1.52 bits per heavy atom. The lowest BCUT2D eigenvalue weighted by Gasteiger charge is -2.25. The van der Waals surface area contributed by atoms with E-state index >= 15 is 0 Å². The summed E-state index contributed by atoms with van der Waals surface area (Å²) in [6.45, 7) is 1.27. The van der Waals surface area contributed by atoms with Crippen molar-refractivity contribution in [3.05, 3.63) is 0 Å². The van der Waals surface area contributed by atoms with Crippen molar-refractivity contribution in [1.29, 1.82) is 0 Å². The van der Waals surface area contributed by atoms with Gasteiger partial charge >= 0.3 is 11.9 Å². The average Bonchev–Trinajstić information content (AvgIpc) is 2.70. The van der Waals surface area contributed by atoms with Crippen molar-refractivity contribution in [3.63, 3.8) is 0 Å². The fraction of sp³-hybridized carbons (Fsp3) is 0.647. The number of carbonyl (C=O) groups excluding carboxylic acids is 3. The van der Waals surface area contributed by atoms with E-state index in [1.807, 2.05) is 0 Å². The molecule has 0 radical (unpaired) electrons. The lowest BCUT2D eigenvalue weighted by molar-refractivity contribution is -0.145. The molecule has 0 heterocycles. The minimum absolute atomic E-state index is 0.0216. The highest BCUT2D eigenvalue weighted by Crippen LogP contribution is 2.03. The number of carboxylic acid groups (broad SMARTS) is 2. The average molecular weight is 494 g/mol. The lowest BCUT2D eigenvalue weighted by Crippen LogP contribution is -2.58. The van der Waals surface area contributed by atoms with E-state index in [9.17, 15) is 29.1 Å². The number of carboxylic acids is 2. The molecule has 0 rings (SSSR count). The summed E-state index contributed by atoms with van der Waals surface area (Å²) in [4.78, 5) is 62.9. The van der Waals surface area contributed by atoms with Crippen molar-refractivity contribution >= 4 is 48.2 Å². The molecule has 0 aromatic carbocycles. The first-order chi connectivity index (χ1) is 15.3. The Balaban J connectivity index is 5.39. The fourth-order valence-electron chi connectivity index (χ4n) is 2.44. The van der Waals surface area contributed by atoms with Crippen LogP contribution in [0.4, 0.5) is 0 Å². The minimum Gasteiger partial charge on any atom is -0.481 e. The van der Waals surface area contributed by atoms with Crippen LogP contribution in [0.5, 0.6) is 0 Å². The number of nitrogens with zero attached hydrogens (tertiary/aromatic N) is 1. The van der Waals surface area contributed by atoms with Gasteiger partial charge in [-0.2, -0.15) is 12.6 Å². The highest BCUT2D eigenvalue weighted by molar-refractivity contribution is 7.80. The first-order valence-corrected chi connectivity index (χ1v) is 10.4. The molecule has 0 aromatic rings. The van der Waals surface area contributed by atoms with Gasteiger partial charge in [0.2, 0.25) is 17.7 Å². The standard InChI is InChI=1S/C17H31N7O8S/c1-7(25)12(16(31)32)24-14(29)9(3-2-4-21-17(19)20)22-15(30)10(6-33)23-13(28)8(18)5-11(26)27/h7-10,12,25,33H,2-6,18H2,1H3,(H,22,30)(H,23,28)(H,24,29)(H,26,27)(H,31,32)(H4,19,20,21). The molecule has 0 bridgehead atoms. The van der Waals surface area contributed by atoms with Gasteiger partial charge in [-0.15, -0.1) is 0 Å². The molecule has 0 saturated carbocycles. The molecule has 0 spiro atoms. The molecule has 3 amide bonds. The van der Waals surface area contributed by atoms with Gasteiger partial charge in [-0.3, -0.25) is 24.2 Å². The third kappa shape index (κ3) is 11.9. The lowest BCUT2D eigenvalue weighted by atomic mass is 10.1. The number of rotatable bonds is 15. The molecule has 12 N–H and O–H groups in total. The van der Waals surface area contributed by atoms with Gasteiger partial charge in [0, 0.05) is 12.3 Å². The van der Waals surface area contributed by atoms with Gasteiger partial charge in [0.1, 0.15) is 12.1 Å². The molecule has 16 heteroatoms. The van der Waals surface area contributed by atoms with E-state index in [0.29, 0.717) is 0 Å². The van der Waals surface area contributed by atoms with Crippen LogP contribution in [0.25, 0.3) is 0 Å². The number of amides is 3. The summed E-state index contributed by atoms with van der Waals surface area (Å²) >= 11 is 3.97. The molecule has 5 unspecified atom stereocenters. The van der Waals surface area contributed by atoms with Crippen LogP contribution < -0.4 is 33.2 Å². The zero-order valence-corrected chi connectivity index (χ0v) is 18.8. The van der Waals surface area contributed by atoms with E-state index in [1.165, 1.54) is 0 Å². The molecule has 188 valence electrons. The first-order valence-electron chi connectivity index (χ1n) is 9.75. The van der Waals surface area contributed by atoms with Gasteiger partial charge in [-0.05, 0) is 19.8 Å². The van der Waals surface area contributed by atoms with E-state index in [1.54, 1.807) is 0 Å². The summed E-state index contributed by atoms with van der Waals surface area (Å²) in [5.41, 5.74) is 15.9. The minimum atomic E-state index is -1.64. The molecule has 0 saturated heterocycles. The van der Waals surface area contributed by atoms with E-state index < -0.39 is 66.4 Å². The van der Waals surface area contributed by atoms with E-state index in [4.69, 9.17) is 27.4 Å². The summed E-state index contributed by atoms with van der Waals surface area (Å²) in [5.74, 6) is -5.88. The topological polar surface area (TPSA) is 273 Å². The molecule has 33 heavy (non-hydrogen) atoms. The monoisotopic (exact) mass is 493 g/mol. The predicted molar refractivity (Wildman–Crippen MR) is 119 cm³/mol. The third-order valence-corrected chi connectivity index (χ3v) is 4.54. The van der Waals surface area contributed by atoms with Gasteiger partial charge in [-0.1, -0.05) is 0 Å². The van der Waals surface area contributed by atoms with Crippen molar-refractivity contribution < 1.29 is 39.3 Å². The van der Waals surface area contributed by atoms with Crippen LogP contribution >= 0.6 is 12.6 Å². The van der Waals surface area contributed by atoms with Crippen molar-refractivity contribution in [2.45, 2.75) is 56.5 Å². The smallest absolute Gasteiger partial charge is 0.328 e. The van der Waals surface area contributed by atoms with E-state index in [2.05, 4.69) is 33.6 Å². The van der Waals surface area contributed by atoms with E-state index in [-0.39, 0.29) is 31.1 Å². The Hall–Kier alpha value is -3.11. The first kappa shape index (κ1) is 29.9. The van der Waals surface area contributed by atoms with Crippen LogP contribution in [-0.2, 0) is 24.0 Å². The number of aliphatic hydroxyl groups excluding tert-OH is 1. The van der Waals surface area contributed by atoms with Crippen LogP contribution in [0.2, 0.25) is 0 Å². The fourth-order valence-corrected chi connectivity index (χ4v) is 2.70. The number of hydrogen-bond acceptors (Lipinski definition) is 9. The SMILES string of the molecule is CC(O)C(NC(=O)C(CCCN=C(N)N)NC(=O)C(CS)NC(=O)C(N)CC(=O)O)C(=O)O. The summed E-state index contributed by atoms with van der Waals surface area (Å²) in [6, 6.07) is -5.61. The molecule has 0 aliphatic heterocycles. The Morgan fingerprint density at radius 3 is 1.97 bits per heavy atom. The Morgan fingerprint density at radius 1 is 0.970 bits per heavy atom. The number of nitrogens with one attached hydrogen (secondary N) is 3. The largest absolute Gasteiger partial charge is 0.481 e. The Bertz CT molecular complexity index is 745. The van der Waals surface area contributed by atoms with Crippen LogP contribution in [0.1, 0.15) is 26.2 Å². The molecule has 15 nitrogen and oxygen atoms in total. The number of aliphatic hydroxyl groups is 1. The zero-order chi connectivity index (χ0) is 25.7. The van der Waals surface area contributed by atoms with Crippen LogP contribution in [0.15, 0.2) is 4.99 Å². The second-order valence-electron chi connectivity index (χ2n) is 7.02. The highest BCUT2D eigenvalue weighted by Gasteiger charge is 2.31. The van der Waals surface area contributed by atoms with Crippen LogP contribution in [0, 0.1) is 0 Å². The van der Waals surface area contributed by atoms with Crippen LogP contribution in [-0.4, -0.2) is 93.5 Å². The molecule has 0 fully saturated rings. The zero-order valence-electron chi connectivity index (χ0n) is 17.9.